The Labute approximate surface area is 134 Å². The van der Waals surface area contributed by atoms with Crippen molar-refractivity contribution < 1.29 is 4.79 Å². The number of hydrogen-bond acceptors (Lipinski definition) is 4. The maximum atomic E-state index is 12.2. The molecule has 0 spiro atoms. The minimum atomic E-state index is -0.332. The van der Waals surface area contributed by atoms with Crippen LogP contribution in [0.1, 0.15) is 36.7 Å². The van der Waals surface area contributed by atoms with Gasteiger partial charge in [-0.1, -0.05) is 30.7 Å². The standard InChI is InChI=1S/C15H20ClN5O/c1-3-6-13-19-14(15(22)18-10(2)9-17)20-21(13)12-8-5-4-7-11(12)16/h4-5,7-8,10H,3,6,9,17H2,1-2H3,(H,18,22)/t10-/m0/s1. The molecule has 3 N–H and O–H groups in total. The van der Waals surface area contributed by atoms with Gasteiger partial charge in [-0.05, 0) is 25.5 Å². The molecule has 7 heteroatoms. The lowest BCUT2D eigenvalue weighted by Gasteiger charge is -2.08. The topological polar surface area (TPSA) is 85.8 Å². The Morgan fingerprint density at radius 3 is 2.82 bits per heavy atom. The number of nitrogens with one attached hydrogen (secondary N) is 1. The highest BCUT2D eigenvalue weighted by molar-refractivity contribution is 6.32. The molecule has 22 heavy (non-hydrogen) atoms. The molecule has 6 nitrogen and oxygen atoms in total. The first-order valence-electron chi connectivity index (χ1n) is 7.28. The van der Waals surface area contributed by atoms with Crippen LogP contribution in [-0.2, 0) is 6.42 Å². The number of aromatic nitrogens is 3. The summed E-state index contributed by atoms with van der Waals surface area (Å²) >= 11 is 6.22. The molecule has 0 aliphatic carbocycles. The zero-order valence-corrected chi connectivity index (χ0v) is 13.5. The predicted octanol–water partition coefficient (Wildman–Crippen LogP) is 1.95. The minimum absolute atomic E-state index is 0.128. The van der Waals surface area contributed by atoms with E-state index in [1.807, 2.05) is 32.0 Å². The molecule has 2 rings (SSSR count). The van der Waals surface area contributed by atoms with Gasteiger partial charge in [0.1, 0.15) is 5.82 Å². The summed E-state index contributed by atoms with van der Waals surface area (Å²) in [7, 11) is 0. The highest BCUT2D eigenvalue weighted by Crippen LogP contribution is 2.21. The van der Waals surface area contributed by atoms with Crippen molar-refractivity contribution >= 4 is 17.5 Å². The Balaban J connectivity index is 2.38. The normalized spacial score (nSPS) is 12.2. The van der Waals surface area contributed by atoms with E-state index in [2.05, 4.69) is 15.4 Å². The van der Waals surface area contributed by atoms with Crippen LogP contribution in [0.4, 0.5) is 0 Å². The molecule has 0 aliphatic heterocycles. The van der Waals surface area contributed by atoms with Gasteiger partial charge in [-0.25, -0.2) is 9.67 Å². The molecule has 0 saturated heterocycles. The fourth-order valence-electron chi connectivity index (χ4n) is 1.99. The molecule has 2 aromatic rings. The number of amides is 1. The smallest absolute Gasteiger partial charge is 0.291 e. The molecule has 0 aliphatic rings. The lowest BCUT2D eigenvalue weighted by atomic mass is 10.3. The van der Waals surface area contributed by atoms with Crippen molar-refractivity contribution in [3.05, 3.63) is 40.9 Å². The van der Waals surface area contributed by atoms with Gasteiger partial charge < -0.3 is 11.1 Å². The number of nitrogens with zero attached hydrogens (tertiary/aromatic N) is 3. The van der Waals surface area contributed by atoms with Gasteiger partial charge in [0.15, 0.2) is 0 Å². The fourth-order valence-corrected chi connectivity index (χ4v) is 2.21. The van der Waals surface area contributed by atoms with Gasteiger partial charge in [0.25, 0.3) is 5.91 Å². The van der Waals surface area contributed by atoms with Gasteiger partial charge in [0.2, 0.25) is 5.82 Å². The number of para-hydroxylation sites is 1. The molecule has 118 valence electrons. The predicted molar refractivity (Wildman–Crippen MR) is 86.3 cm³/mol. The number of carbonyl (C=O) groups is 1. The summed E-state index contributed by atoms with van der Waals surface area (Å²) in [5, 5.41) is 7.64. The first kappa shape index (κ1) is 16.5. The molecule has 1 aromatic heterocycles. The monoisotopic (exact) mass is 321 g/mol. The Bertz CT molecular complexity index is 655. The molecular weight excluding hydrogens is 302 g/mol. The molecular formula is C15H20ClN5O. The minimum Gasteiger partial charge on any atom is -0.346 e. The van der Waals surface area contributed by atoms with Crippen molar-refractivity contribution in [1.82, 2.24) is 20.1 Å². The van der Waals surface area contributed by atoms with Crippen LogP contribution < -0.4 is 11.1 Å². The van der Waals surface area contributed by atoms with Gasteiger partial charge >= 0.3 is 0 Å². The number of hydrogen-bond donors (Lipinski definition) is 2. The lowest BCUT2D eigenvalue weighted by Crippen LogP contribution is -2.38. The summed E-state index contributed by atoms with van der Waals surface area (Å²) in [6, 6.07) is 7.22. The maximum Gasteiger partial charge on any atom is 0.291 e. The first-order chi connectivity index (χ1) is 10.6. The maximum absolute atomic E-state index is 12.2. The van der Waals surface area contributed by atoms with Gasteiger partial charge in [0, 0.05) is 19.0 Å². The third kappa shape index (κ3) is 3.64. The summed E-state index contributed by atoms with van der Waals surface area (Å²) in [5.74, 6) is 0.505. The van der Waals surface area contributed by atoms with Crippen LogP contribution in [0.25, 0.3) is 5.69 Å². The second kappa shape index (κ2) is 7.38. The van der Waals surface area contributed by atoms with Gasteiger partial charge in [-0.2, -0.15) is 0 Å². The van der Waals surface area contributed by atoms with E-state index >= 15 is 0 Å². The average molecular weight is 322 g/mol. The first-order valence-corrected chi connectivity index (χ1v) is 7.66. The fraction of sp³-hybridized carbons (Fsp3) is 0.400. The Morgan fingerprint density at radius 2 is 2.18 bits per heavy atom. The second-order valence-corrected chi connectivity index (χ2v) is 5.48. The Morgan fingerprint density at radius 1 is 1.45 bits per heavy atom. The zero-order chi connectivity index (χ0) is 16.1. The van der Waals surface area contributed by atoms with E-state index in [4.69, 9.17) is 17.3 Å². The van der Waals surface area contributed by atoms with E-state index < -0.39 is 0 Å². The van der Waals surface area contributed by atoms with Crippen molar-refractivity contribution in [2.24, 2.45) is 5.73 Å². The SMILES string of the molecule is CCCc1nc(C(=O)N[C@@H](C)CN)nn1-c1ccccc1Cl. The number of benzene rings is 1. The van der Waals surface area contributed by atoms with Crippen LogP contribution in [0, 0.1) is 0 Å². The highest BCUT2D eigenvalue weighted by Gasteiger charge is 2.19. The van der Waals surface area contributed by atoms with Crippen LogP contribution in [0.2, 0.25) is 5.02 Å². The number of halogens is 1. The highest BCUT2D eigenvalue weighted by atomic mass is 35.5. The lowest BCUT2D eigenvalue weighted by molar-refractivity contribution is 0.0931. The third-order valence-corrected chi connectivity index (χ3v) is 3.48. The van der Waals surface area contributed by atoms with Crippen molar-refractivity contribution in [2.75, 3.05) is 6.54 Å². The van der Waals surface area contributed by atoms with Crippen molar-refractivity contribution in [2.45, 2.75) is 32.7 Å². The molecule has 1 heterocycles. The van der Waals surface area contributed by atoms with Crippen LogP contribution in [0.5, 0.6) is 0 Å². The summed E-state index contributed by atoms with van der Waals surface area (Å²) in [6.07, 6.45) is 1.60. The van der Waals surface area contributed by atoms with E-state index in [0.29, 0.717) is 29.5 Å². The Kier molecular flexibility index (Phi) is 5.51. The molecule has 1 amide bonds. The van der Waals surface area contributed by atoms with Gasteiger partial charge in [0.05, 0.1) is 10.7 Å². The van der Waals surface area contributed by atoms with E-state index in [1.165, 1.54) is 0 Å². The van der Waals surface area contributed by atoms with E-state index in [0.717, 1.165) is 6.42 Å². The number of nitrogens with two attached hydrogens (primary N) is 1. The summed E-state index contributed by atoms with van der Waals surface area (Å²) < 4.78 is 1.63. The molecule has 1 aromatic carbocycles. The molecule has 1 atom stereocenters. The van der Waals surface area contributed by atoms with Crippen LogP contribution in [0.3, 0.4) is 0 Å². The van der Waals surface area contributed by atoms with Crippen molar-refractivity contribution in [3.63, 3.8) is 0 Å². The Hall–Kier alpha value is -1.92. The zero-order valence-electron chi connectivity index (χ0n) is 12.7. The van der Waals surface area contributed by atoms with Crippen molar-refractivity contribution in [1.29, 1.82) is 0 Å². The molecule has 0 radical (unpaired) electrons. The van der Waals surface area contributed by atoms with Crippen LogP contribution in [-0.4, -0.2) is 33.3 Å². The van der Waals surface area contributed by atoms with E-state index in [1.54, 1.807) is 10.7 Å². The van der Waals surface area contributed by atoms with Gasteiger partial charge in [-0.15, -0.1) is 5.10 Å². The quantitative estimate of drug-likeness (QED) is 0.851. The third-order valence-electron chi connectivity index (χ3n) is 3.16. The van der Waals surface area contributed by atoms with Crippen molar-refractivity contribution in [3.8, 4) is 5.69 Å². The number of aryl methyl sites for hydroxylation is 1. The van der Waals surface area contributed by atoms with Crippen LogP contribution in [0.15, 0.2) is 24.3 Å². The number of carbonyl (C=O) groups excluding carboxylic acids is 1. The number of rotatable bonds is 6. The average Bonchev–Trinajstić information content (AvgIpc) is 2.92. The van der Waals surface area contributed by atoms with Crippen LogP contribution >= 0.6 is 11.6 Å². The van der Waals surface area contributed by atoms with E-state index in [9.17, 15) is 4.79 Å². The second-order valence-electron chi connectivity index (χ2n) is 5.08. The largest absolute Gasteiger partial charge is 0.346 e. The summed E-state index contributed by atoms with van der Waals surface area (Å²) in [6.45, 7) is 4.23. The van der Waals surface area contributed by atoms with Gasteiger partial charge in [-0.3, -0.25) is 4.79 Å². The summed E-state index contributed by atoms with van der Waals surface area (Å²) in [4.78, 5) is 16.5. The molecule has 0 fully saturated rings. The molecule has 0 saturated carbocycles. The molecule has 0 bridgehead atoms. The molecule has 0 unspecified atom stereocenters. The van der Waals surface area contributed by atoms with E-state index in [-0.39, 0.29) is 17.8 Å². The summed E-state index contributed by atoms with van der Waals surface area (Å²) in [5.41, 5.74) is 6.23.